The van der Waals surface area contributed by atoms with Gasteiger partial charge in [-0.2, -0.15) is 0 Å². The van der Waals surface area contributed by atoms with E-state index in [1.165, 1.54) is 24.8 Å². The van der Waals surface area contributed by atoms with Gasteiger partial charge in [0.15, 0.2) is 0 Å². The highest BCUT2D eigenvalue weighted by Crippen LogP contribution is 2.59. The number of hydrogen-bond donors (Lipinski definition) is 1. The Hall–Kier alpha value is -0.560. The third-order valence-electron chi connectivity index (χ3n) is 6.30. The molecule has 0 aromatic heterocycles. The minimum absolute atomic E-state index is 0.248. The molecule has 1 nitrogen and oxygen atoms in total. The Morgan fingerprint density at radius 2 is 2.10 bits per heavy atom. The van der Waals surface area contributed by atoms with Crippen LogP contribution in [0.2, 0.25) is 0 Å². The zero-order chi connectivity index (χ0) is 15.0. The average molecular weight is 276 g/mol. The van der Waals surface area contributed by atoms with Crippen molar-refractivity contribution in [3.8, 4) is 0 Å². The van der Waals surface area contributed by atoms with E-state index in [1.807, 2.05) is 0 Å². The molecule has 5 atom stereocenters. The molecular formula is C19H32O. The number of aliphatic hydroxyl groups is 1. The van der Waals surface area contributed by atoms with Gasteiger partial charge in [0.2, 0.25) is 0 Å². The SMILES string of the molecule is C=CC(C)CCC1C(=C)CCC2C1(C)CCC[C@]2(C)O. The van der Waals surface area contributed by atoms with Gasteiger partial charge in [0.25, 0.3) is 0 Å². The van der Waals surface area contributed by atoms with Crippen LogP contribution in [-0.2, 0) is 0 Å². The van der Waals surface area contributed by atoms with E-state index in [4.69, 9.17) is 0 Å². The van der Waals surface area contributed by atoms with Gasteiger partial charge in [0.05, 0.1) is 5.60 Å². The lowest BCUT2D eigenvalue weighted by Crippen LogP contribution is -2.53. The molecule has 0 heterocycles. The van der Waals surface area contributed by atoms with E-state index in [2.05, 4.69) is 40.0 Å². The molecule has 114 valence electrons. The average Bonchev–Trinajstić information content (AvgIpc) is 2.36. The van der Waals surface area contributed by atoms with Crippen LogP contribution in [0.4, 0.5) is 0 Å². The summed E-state index contributed by atoms with van der Waals surface area (Å²) in [5, 5.41) is 10.8. The summed E-state index contributed by atoms with van der Waals surface area (Å²) in [6, 6.07) is 0. The van der Waals surface area contributed by atoms with Crippen LogP contribution in [0, 0.1) is 23.2 Å². The highest BCUT2D eigenvalue weighted by molar-refractivity contribution is 5.16. The number of fused-ring (bicyclic) bond motifs is 1. The third-order valence-corrected chi connectivity index (χ3v) is 6.30. The second-order valence-electron chi connectivity index (χ2n) is 7.81. The smallest absolute Gasteiger partial charge is 0.0653 e. The quantitative estimate of drug-likeness (QED) is 0.707. The molecule has 0 radical (unpaired) electrons. The molecule has 2 fully saturated rings. The van der Waals surface area contributed by atoms with Crippen molar-refractivity contribution in [1.82, 2.24) is 0 Å². The van der Waals surface area contributed by atoms with Gasteiger partial charge >= 0.3 is 0 Å². The van der Waals surface area contributed by atoms with E-state index in [1.54, 1.807) is 0 Å². The van der Waals surface area contributed by atoms with Crippen molar-refractivity contribution in [1.29, 1.82) is 0 Å². The van der Waals surface area contributed by atoms with E-state index in [0.29, 0.717) is 17.8 Å². The van der Waals surface area contributed by atoms with Gasteiger partial charge in [0.1, 0.15) is 0 Å². The molecule has 2 aliphatic carbocycles. The predicted octanol–water partition coefficient (Wildman–Crippen LogP) is 5.11. The number of allylic oxidation sites excluding steroid dienone is 2. The summed E-state index contributed by atoms with van der Waals surface area (Å²) in [4.78, 5) is 0. The second kappa shape index (κ2) is 5.67. The molecule has 0 saturated heterocycles. The summed E-state index contributed by atoms with van der Waals surface area (Å²) in [6.45, 7) is 15.0. The van der Waals surface area contributed by atoms with Crippen LogP contribution in [0.25, 0.3) is 0 Å². The van der Waals surface area contributed by atoms with Crippen LogP contribution in [0.3, 0.4) is 0 Å². The van der Waals surface area contributed by atoms with Crippen molar-refractivity contribution in [3.63, 3.8) is 0 Å². The van der Waals surface area contributed by atoms with Crippen LogP contribution in [-0.4, -0.2) is 10.7 Å². The maximum Gasteiger partial charge on any atom is 0.0653 e. The minimum Gasteiger partial charge on any atom is -0.390 e. The van der Waals surface area contributed by atoms with Crippen LogP contribution >= 0.6 is 0 Å². The molecule has 20 heavy (non-hydrogen) atoms. The molecular weight excluding hydrogens is 244 g/mol. The highest BCUT2D eigenvalue weighted by atomic mass is 16.3. The van der Waals surface area contributed by atoms with Gasteiger partial charge in [-0.3, -0.25) is 0 Å². The number of hydrogen-bond acceptors (Lipinski definition) is 1. The Labute approximate surface area is 125 Å². The standard InChI is InChI=1S/C19H32O/c1-6-14(2)8-10-16-15(3)9-11-17-18(16,4)12-7-13-19(17,5)20/h6,14,16-17,20H,1,3,7-13H2,2,4-5H3/t14?,16?,17?,18?,19-/m0/s1. The first-order valence-corrected chi connectivity index (χ1v) is 8.34. The van der Waals surface area contributed by atoms with Crippen molar-refractivity contribution >= 4 is 0 Å². The first kappa shape index (κ1) is 15.8. The third kappa shape index (κ3) is 2.74. The molecule has 1 N–H and O–H groups in total. The molecule has 4 unspecified atom stereocenters. The van der Waals surface area contributed by atoms with Crippen molar-refractivity contribution in [2.24, 2.45) is 23.2 Å². The van der Waals surface area contributed by atoms with Crippen molar-refractivity contribution in [2.45, 2.75) is 71.3 Å². The van der Waals surface area contributed by atoms with Crippen molar-refractivity contribution in [2.75, 3.05) is 0 Å². The van der Waals surface area contributed by atoms with Gasteiger partial charge in [-0.1, -0.05) is 38.5 Å². The zero-order valence-corrected chi connectivity index (χ0v) is 13.6. The normalized spacial score (nSPS) is 42.9. The summed E-state index contributed by atoms with van der Waals surface area (Å²) in [5.74, 6) is 1.60. The first-order valence-electron chi connectivity index (χ1n) is 8.34. The molecule has 0 amide bonds. The maximum absolute atomic E-state index is 10.8. The Morgan fingerprint density at radius 3 is 2.75 bits per heavy atom. The lowest BCUT2D eigenvalue weighted by atomic mass is 9.49. The molecule has 2 rings (SSSR count). The minimum atomic E-state index is -0.476. The van der Waals surface area contributed by atoms with Crippen molar-refractivity contribution < 1.29 is 5.11 Å². The van der Waals surface area contributed by atoms with E-state index >= 15 is 0 Å². The Bertz CT molecular complexity index is 381. The van der Waals surface area contributed by atoms with E-state index in [-0.39, 0.29) is 5.41 Å². The monoisotopic (exact) mass is 276 g/mol. The Morgan fingerprint density at radius 1 is 1.40 bits per heavy atom. The predicted molar refractivity (Wildman–Crippen MR) is 86.5 cm³/mol. The van der Waals surface area contributed by atoms with Crippen LogP contribution in [0.15, 0.2) is 24.8 Å². The van der Waals surface area contributed by atoms with E-state index in [9.17, 15) is 5.11 Å². The molecule has 0 spiro atoms. The lowest BCUT2D eigenvalue weighted by molar-refractivity contribution is -0.125. The summed E-state index contributed by atoms with van der Waals surface area (Å²) >= 11 is 0. The van der Waals surface area contributed by atoms with Crippen LogP contribution < -0.4 is 0 Å². The molecule has 2 saturated carbocycles. The van der Waals surface area contributed by atoms with Gasteiger partial charge in [-0.15, -0.1) is 6.58 Å². The summed E-state index contributed by atoms with van der Waals surface area (Å²) in [7, 11) is 0. The van der Waals surface area contributed by atoms with Gasteiger partial charge in [-0.25, -0.2) is 0 Å². The van der Waals surface area contributed by atoms with Crippen LogP contribution in [0.5, 0.6) is 0 Å². The lowest BCUT2D eigenvalue weighted by Gasteiger charge is -2.57. The largest absolute Gasteiger partial charge is 0.390 e. The van der Waals surface area contributed by atoms with Crippen LogP contribution in [0.1, 0.15) is 65.7 Å². The molecule has 0 aliphatic heterocycles. The molecule has 2 aliphatic rings. The van der Waals surface area contributed by atoms with Gasteiger partial charge < -0.3 is 5.11 Å². The number of rotatable bonds is 4. The zero-order valence-electron chi connectivity index (χ0n) is 13.6. The fourth-order valence-corrected chi connectivity index (χ4v) is 5.00. The summed E-state index contributed by atoms with van der Waals surface area (Å²) < 4.78 is 0. The fourth-order valence-electron chi connectivity index (χ4n) is 5.00. The molecule has 1 heteroatoms. The van der Waals surface area contributed by atoms with E-state index < -0.39 is 5.60 Å². The second-order valence-corrected chi connectivity index (χ2v) is 7.81. The fraction of sp³-hybridized carbons (Fsp3) is 0.789. The maximum atomic E-state index is 10.8. The molecule has 0 bridgehead atoms. The highest BCUT2D eigenvalue weighted by Gasteiger charge is 2.53. The molecule has 0 aromatic carbocycles. The van der Waals surface area contributed by atoms with Gasteiger partial charge in [0, 0.05) is 0 Å². The Kier molecular flexibility index (Phi) is 4.49. The summed E-state index contributed by atoms with van der Waals surface area (Å²) in [5.41, 5.74) is 1.20. The summed E-state index contributed by atoms with van der Waals surface area (Å²) in [6.07, 6.45) is 10.0. The molecule has 0 aromatic rings. The van der Waals surface area contributed by atoms with Gasteiger partial charge in [-0.05, 0) is 68.6 Å². The Balaban J connectivity index is 2.19. The topological polar surface area (TPSA) is 20.2 Å². The first-order chi connectivity index (χ1) is 9.31. The van der Waals surface area contributed by atoms with E-state index in [0.717, 1.165) is 25.7 Å². The van der Waals surface area contributed by atoms with Crippen molar-refractivity contribution in [3.05, 3.63) is 24.8 Å².